The van der Waals surface area contributed by atoms with Gasteiger partial charge in [-0.3, -0.25) is 14.5 Å². The lowest BCUT2D eigenvalue weighted by molar-refractivity contribution is -0.146. The van der Waals surface area contributed by atoms with Crippen LogP contribution in [0, 0.1) is 0 Å². The average molecular weight is 474 g/mol. The van der Waals surface area contributed by atoms with Crippen molar-refractivity contribution in [3.63, 3.8) is 0 Å². The number of carbonyl (C=O) groups excluding carboxylic acids is 2. The summed E-state index contributed by atoms with van der Waals surface area (Å²) in [4.78, 5) is 31.2. The van der Waals surface area contributed by atoms with Crippen molar-refractivity contribution in [2.24, 2.45) is 0 Å². The van der Waals surface area contributed by atoms with Crippen molar-refractivity contribution >= 4 is 17.4 Å². The molecule has 2 atom stereocenters. The van der Waals surface area contributed by atoms with Crippen LogP contribution in [0.15, 0.2) is 109 Å². The molecule has 4 aromatic carbocycles. The molecule has 0 aromatic heterocycles. The molecule has 0 radical (unpaired) electrons. The van der Waals surface area contributed by atoms with Crippen LogP contribution in [0.2, 0.25) is 0 Å². The molecule has 1 fully saturated rings. The van der Waals surface area contributed by atoms with Crippen molar-refractivity contribution in [1.82, 2.24) is 0 Å². The number of hydrogen-bond acceptors (Lipinski definition) is 3. The lowest BCUT2D eigenvalue weighted by atomic mass is 9.50. The molecular formula is C32H27NO3. The summed E-state index contributed by atoms with van der Waals surface area (Å²) in [5.41, 5.74) is 1.85. The van der Waals surface area contributed by atoms with Gasteiger partial charge in [-0.2, -0.15) is 0 Å². The van der Waals surface area contributed by atoms with Gasteiger partial charge in [0.1, 0.15) is 11.2 Å². The number of β-lactam (4-membered cyclic amide) rings is 1. The number of nitrogens with zero attached hydrogens (tertiary/aromatic N) is 1. The second-order valence-electron chi connectivity index (χ2n) is 9.44. The monoisotopic (exact) mass is 473 g/mol. The van der Waals surface area contributed by atoms with Crippen molar-refractivity contribution in [2.75, 3.05) is 12.0 Å². The van der Waals surface area contributed by atoms with Crippen LogP contribution in [0.4, 0.5) is 5.69 Å². The minimum Gasteiger partial charge on any atom is -0.497 e. The van der Waals surface area contributed by atoms with Gasteiger partial charge in [0.05, 0.1) is 7.11 Å². The zero-order valence-electron chi connectivity index (χ0n) is 20.3. The summed E-state index contributed by atoms with van der Waals surface area (Å²) in [5.74, 6) is 0.365. The molecule has 4 heteroatoms. The van der Waals surface area contributed by atoms with Gasteiger partial charge in [0, 0.05) is 11.6 Å². The average Bonchev–Trinajstić information content (AvgIpc) is 3.20. The Hall–Kier alpha value is -4.18. The van der Waals surface area contributed by atoms with Crippen LogP contribution in [-0.4, -0.2) is 18.8 Å². The standard InChI is InChI=1S/C32H27NO3/c1-3-26-27-16-10-11-17-28(27)32(29(26)34)31(22-12-6-4-7-13-22,23-14-8-5-9-15-23)30(35)33(32)24-18-20-25(36-2)21-19-24/h4-21,26H,3H2,1-2H3/t26-,32-/m1/s1. The highest BCUT2D eigenvalue weighted by atomic mass is 16.5. The van der Waals surface area contributed by atoms with Crippen molar-refractivity contribution in [1.29, 1.82) is 0 Å². The van der Waals surface area contributed by atoms with Crippen molar-refractivity contribution in [3.05, 3.63) is 131 Å². The molecular weight excluding hydrogens is 446 g/mol. The summed E-state index contributed by atoms with van der Waals surface area (Å²) in [6, 6.07) is 35.0. The maximum atomic E-state index is 14.8. The molecule has 1 saturated heterocycles. The van der Waals surface area contributed by atoms with Gasteiger partial charge in [-0.05, 0) is 52.9 Å². The third kappa shape index (κ3) is 2.59. The molecule has 1 aliphatic carbocycles. The summed E-state index contributed by atoms with van der Waals surface area (Å²) < 4.78 is 5.37. The molecule has 1 aliphatic heterocycles. The fourth-order valence-electron chi connectivity index (χ4n) is 6.52. The number of amides is 1. The first-order valence-corrected chi connectivity index (χ1v) is 12.4. The van der Waals surface area contributed by atoms with Crippen LogP contribution in [0.25, 0.3) is 0 Å². The first kappa shape index (κ1) is 22.3. The molecule has 4 aromatic rings. The van der Waals surface area contributed by atoms with Gasteiger partial charge in [-0.15, -0.1) is 0 Å². The van der Waals surface area contributed by atoms with Gasteiger partial charge < -0.3 is 4.74 Å². The molecule has 0 saturated carbocycles. The minimum atomic E-state index is -1.21. The summed E-state index contributed by atoms with van der Waals surface area (Å²) in [7, 11) is 1.61. The summed E-state index contributed by atoms with van der Waals surface area (Å²) >= 11 is 0. The zero-order chi connectivity index (χ0) is 24.9. The Morgan fingerprint density at radius 3 is 1.86 bits per heavy atom. The first-order valence-electron chi connectivity index (χ1n) is 12.4. The quantitative estimate of drug-likeness (QED) is 0.334. The number of rotatable bonds is 5. The number of fused-ring (bicyclic) bond motifs is 2. The predicted molar refractivity (Wildman–Crippen MR) is 140 cm³/mol. The minimum absolute atomic E-state index is 0.0642. The van der Waals surface area contributed by atoms with Gasteiger partial charge in [-0.25, -0.2) is 0 Å². The summed E-state index contributed by atoms with van der Waals surface area (Å²) in [6.45, 7) is 2.04. The second-order valence-corrected chi connectivity index (χ2v) is 9.44. The Labute approximate surface area is 211 Å². The molecule has 178 valence electrons. The van der Waals surface area contributed by atoms with Crippen molar-refractivity contribution in [3.8, 4) is 5.75 Å². The highest BCUT2D eigenvalue weighted by molar-refractivity contribution is 6.26. The van der Waals surface area contributed by atoms with E-state index in [1.807, 2.05) is 116 Å². The van der Waals surface area contributed by atoms with E-state index in [4.69, 9.17) is 4.74 Å². The fraction of sp³-hybridized carbons (Fsp3) is 0.188. The van der Waals surface area contributed by atoms with Gasteiger partial charge >= 0.3 is 0 Å². The smallest absolute Gasteiger partial charge is 0.246 e. The van der Waals surface area contributed by atoms with Crippen molar-refractivity contribution < 1.29 is 14.3 Å². The van der Waals surface area contributed by atoms with Crippen LogP contribution in [0.3, 0.4) is 0 Å². The first-order chi connectivity index (χ1) is 17.6. The van der Waals surface area contributed by atoms with Crippen LogP contribution < -0.4 is 9.64 Å². The molecule has 1 heterocycles. The molecule has 0 N–H and O–H groups in total. The van der Waals surface area contributed by atoms with E-state index in [-0.39, 0.29) is 17.6 Å². The SMILES string of the molecule is CC[C@H]1C(=O)[C@@]2(c3ccccc31)N(c1ccc(OC)cc1)C(=O)C2(c1ccccc1)c1ccccc1. The third-order valence-corrected chi connectivity index (χ3v) is 7.95. The predicted octanol–water partition coefficient (Wildman–Crippen LogP) is 6.00. The molecule has 6 rings (SSSR count). The molecule has 0 bridgehead atoms. The van der Waals surface area contributed by atoms with E-state index in [9.17, 15) is 9.59 Å². The number of Topliss-reactive ketones (excluding diaryl/α,β-unsaturated/α-hetero) is 1. The lowest BCUT2D eigenvalue weighted by Crippen LogP contribution is -2.81. The number of methoxy groups -OCH3 is 1. The Bertz CT molecular complexity index is 1410. The largest absolute Gasteiger partial charge is 0.497 e. The highest BCUT2D eigenvalue weighted by Crippen LogP contribution is 2.66. The number of hydrogen-bond donors (Lipinski definition) is 0. The summed E-state index contributed by atoms with van der Waals surface area (Å²) in [6.07, 6.45) is 0.669. The maximum Gasteiger partial charge on any atom is 0.246 e. The maximum absolute atomic E-state index is 14.8. The van der Waals surface area contributed by atoms with Gasteiger partial charge in [0.15, 0.2) is 11.3 Å². The van der Waals surface area contributed by atoms with Crippen LogP contribution in [0.5, 0.6) is 5.75 Å². The molecule has 36 heavy (non-hydrogen) atoms. The number of ketones is 1. The van der Waals surface area contributed by atoms with Gasteiger partial charge in [0.2, 0.25) is 5.91 Å². The summed E-state index contributed by atoms with van der Waals surface area (Å²) in [5, 5.41) is 0. The van der Waals surface area contributed by atoms with E-state index in [0.29, 0.717) is 17.9 Å². The van der Waals surface area contributed by atoms with E-state index >= 15 is 0 Å². The van der Waals surface area contributed by atoms with Gasteiger partial charge in [0.25, 0.3) is 0 Å². The van der Waals surface area contributed by atoms with Crippen LogP contribution in [0.1, 0.15) is 41.5 Å². The Balaban J connectivity index is 1.74. The topological polar surface area (TPSA) is 46.6 Å². The third-order valence-electron chi connectivity index (χ3n) is 7.95. The Kier molecular flexibility index (Phi) is 5.08. The van der Waals surface area contributed by atoms with E-state index in [1.165, 1.54) is 0 Å². The normalized spacial score (nSPS) is 21.8. The fourth-order valence-corrected chi connectivity index (χ4v) is 6.52. The van der Waals surface area contributed by atoms with E-state index < -0.39 is 11.0 Å². The van der Waals surface area contributed by atoms with Crippen LogP contribution in [-0.2, 0) is 20.5 Å². The molecule has 2 aliphatic rings. The lowest BCUT2D eigenvalue weighted by Gasteiger charge is -2.63. The second kappa shape index (κ2) is 8.20. The van der Waals surface area contributed by atoms with Crippen molar-refractivity contribution in [2.45, 2.75) is 30.2 Å². The Morgan fingerprint density at radius 2 is 1.31 bits per heavy atom. The van der Waals surface area contributed by atoms with E-state index in [0.717, 1.165) is 22.3 Å². The van der Waals surface area contributed by atoms with E-state index in [1.54, 1.807) is 12.0 Å². The molecule has 4 nitrogen and oxygen atoms in total. The number of ether oxygens (including phenoxy) is 1. The molecule has 1 spiro atoms. The number of carbonyl (C=O) groups is 2. The number of anilines is 1. The van der Waals surface area contributed by atoms with Crippen LogP contribution >= 0.6 is 0 Å². The highest BCUT2D eigenvalue weighted by Gasteiger charge is 2.79. The Morgan fingerprint density at radius 1 is 0.750 bits per heavy atom. The number of benzene rings is 4. The molecule has 0 unspecified atom stereocenters. The zero-order valence-corrected chi connectivity index (χ0v) is 20.3. The molecule has 1 amide bonds. The van der Waals surface area contributed by atoms with Gasteiger partial charge in [-0.1, -0.05) is 91.9 Å². The van der Waals surface area contributed by atoms with E-state index in [2.05, 4.69) is 0 Å².